The Bertz CT molecular complexity index is 639. The van der Waals surface area contributed by atoms with Gasteiger partial charge in [0, 0.05) is 16.4 Å². The van der Waals surface area contributed by atoms with Crippen molar-refractivity contribution in [3.05, 3.63) is 46.1 Å². The number of methoxy groups -OCH3 is 1. The fourth-order valence-electron chi connectivity index (χ4n) is 1.81. The molecule has 0 saturated heterocycles. The standard InChI is InChI=1S/C14H14BrN3O2/c1-8-5-9(15)7-10(6-8)18-13-12(16)11(3-4-17-13)14(19)20-2/h3-7H,16H2,1-2H3,(H,17,18). The number of aryl methyl sites for hydroxylation is 1. The molecule has 0 spiro atoms. The quantitative estimate of drug-likeness (QED) is 0.842. The summed E-state index contributed by atoms with van der Waals surface area (Å²) >= 11 is 3.43. The molecule has 0 fully saturated rings. The normalized spacial score (nSPS) is 10.2. The maximum atomic E-state index is 11.6. The summed E-state index contributed by atoms with van der Waals surface area (Å²) in [5, 5.41) is 3.10. The molecule has 104 valence electrons. The van der Waals surface area contributed by atoms with Crippen molar-refractivity contribution in [2.45, 2.75) is 6.92 Å². The first-order chi connectivity index (χ1) is 9.51. The van der Waals surface area contributed by atoms with Crippen LogP contribution in [0.2, 0.25) is 0 Å². The van der Waals surface area contributed by atoms with E-state index < -0.39 is 5.97 Å². The second-order valence-electron chi connectivity index (χ2n) is 4.25. The molecule has 5 nitrogen and oxygen atoms in total. The van der Waals surface area contributed by atoms with Gasteiger partial charge in [-0.2, -0.15) is 0 Å². The fourth-order valence-corrected chi connectivity index (χ4v) is 2.41. The number of ether oxygens (including phenoxy) is 1. The average Bonchev–Trinajstić information content (AvgIpc) is 2.39. The first-order valence-electron chi connectivity index (χ1n) is 5.88. The van der Waals surface area contributed by atoms with Crippen LogP contribution >= 0.6 is 15.9 Å². The van der Waals surface area contributed by atoms with Crippen molar-refractivity contribution in [1.29, 1.82) is 0 Å². The van der Waals surface area contributed by atoms with E-state index in [1.54, 1.807) is 0 Å². The van der Waals surface area contributed by atoms with E-state index in [2.05, 4.69) is 31.0 Å². The summed E-state index contributed by atoms with van der Waals surface area (Å²) in [5.41, 5.74) is 8.42. The van der Waals surface area contributed by atoms with Gasteiger partial charge in [0.25, 0.3) is 0 Å². The zero-order chi connectivity index (χ0) is 14.7. The predicted octanol–water partition coefficient (Wildman–Crippen LogP) is 3.26. The number of carbonyl (C=O) groups excluding carboxylic acids is 1. The molecule has 0 radical (unpaired) electrons. The van der Waals surface area contributed by atoms with Gasteiger partial charge in [0.2, 0.25) is 0 Å². The van der Waals surface area contributed by atoms with Crippen LogP contribution in [-0.4, -0.2) is 18.1 Å². The molecule has 3 N–H and O–H groups in total. The van der Waals surface area contributed by atoms with Gasteiger partial charge in [-0.3, -0.25) is 0 Å². The minimum Gasteiger partial charge on any atom is -0.465 e. The van der Waals surface area contributed by atoms with Crippen molar-refractivity contribution < 1.29 is 9.53 Å². The minimum absolute atomic E-state index is 0.261. The molecule has 1 aromatic heterocycles. The van der Waals surface area contributed by atoms with Crippen molar-refractivity contribution in [2.24, 2.45) is 0 Å². The van der Waals surface area contributed by atoms with Crippen LogP contribution in [0.3, 0.4) is 0 Å². The van der Waals surface area contributed by atoms with Gasteiger partial charge < -0.3 is 15.8 Å². The summed E-state index contributed by atoms with van der Waals surface area (Å²) in [6.45, 7) is 1.98. The lowest BCUT2D eigenvalue weighted by Crippen LogP contribution is -2.09. The van der Waals surface area contributed by atoms with Crippen LogP contribution in [0.4, 0.5) is 17.2 Å². The van der Waals surface area contributed by atoms with E-state index >= 15 is 0 Å². The Morgan fingerprint density at radius 3 is 2.80 bits per heavy atom. The third-order valence-corrected chi connectivity index (χ3v) is 3.16. The highest BCUT2D eigenvalue weighted by molar-refractivity contribution is 9.10. The average molecular weight is 336 g/mol. The number of carbonyl (C=O) groups is 1. The van der Waals surface area contributed by atoms with Gasteiger partial charge in [0.05, 0.1) is 18.4 Å². The Balaban J connectivity index is 2.36. The number of nitrogen functional groups attached to an aromatic ring is 1. The molecule has 20 heavy (non-hydrogen) atoms. The summed E-state index contributed by atoms with van der Waals surface area (Å²) in [6, 6.07) is 7.38. The molecule has 0 saturated carbocycles. The zero-order valence-electron chi connectivity index (χ0n) is 11.1. The molecule has 0 unspecified atom stereocenters. The van der Waals surface area contributed by atoms with Crippen LogP contribution in [-0.2, 0) is 4.74 Å². The molecule has 2 rings (SSSR count). The zero-order valence-corrected chi connectivity index (χ0v) is 12.7. The topological polar surface area (TPSA) is 77.2 Å². The van der Waals surface area contributed by atoms with Gasteiger partial charge in [-0.05, 0) is 36.8 Å². The number of hydrogen-bond donors (Lipinski definition) is 2. The Hall–Kier alpha value is -2.08. The maximum absolute atomic E-state index is 11.6. The lowest BCUT2D eigenvalue weighted by atomic mass is 10.2. The smallest absolute Gasteiger partial charge is 0.340 e. The molecule has 1 aromatic carbocycles. The van der Waals surface area contributed by atoms with Gasteiger partial charge in [-0.25, -0.2) is 9.78 Å². The van der Waals surface area contributed by atoms with Gasteiger partial charge in [0.1, 0.15) is 0 Å². The van der Waals surface area contributed by atoms with Crippen molar-refractivity contribution in [3.63, 3.8) is 0 Å². The molecule has 0 atom stereocenters. The lowest BCUT2D eigenvalue weighted by molar-refractivity contribution is 0.0602. The molecule has 0 amide bonds. The van der Waals surface area contributed by atoms with Crippen LogP contribution in [0.25, 0.3) is 0 Å². The van der Waals surface area contributed by atoms with E-state index in [-0.39, 0.29) is 11.3 Å². The van der Waals surface area contributed by atoms with E-state index in [0.29, 0.717) is 5.82 Å². The number of aromatic nitrogens is 1. The Kier molecular flexibility index (Phi) is 4.24. The monoisotopic (exact) mass is 335 g/mol. The van der Waals surface area contributed by atoms with Crippen LogP contribution in [0.15, 0.2) is 34.9 Å². The highest BCUT2D eigenvalue weighted by Crippen LogP contribution is 2.26. The van der Waals surface area contributed by atoms with Crippen LogP contribution in [0, 0.1) is 6.92 Å². The molecular weight excluding hydrogens is 322 g/mol. The number of nitrogens with one attached hydrogen (secondary N) is 1. The van der Waals surface area contributed by atoms with Crippen molar-refractivity contribution in [3.8, 4) is 0 Å². The Morgan fingerprint density at radius 2 is 2.15 bits per heavy atom. The van der Waals surface area contributed by atoms with E-state index in [1.807, 2.05) is 25.1 Å². The highest BCUT2D eigenvalue weighted by atomic mass is 79.9. The number of esters is 1. The third-order valence-electron chi connectivity index (χ3n) is 2.70. The van der Waals surface area contributed by atoms with E-state index in [4.69, 9.17) is 5.73 Å². The van der Waals surface area contributed by atoms with Gasteiger partial charge in [-0.15, -0.1) is 0 Å². The minimum atomic E-state index is -0.488. The number of pyridine rings is 1. The lowest BCUT2D eigenvalue weighted by Gasteiger charge is -2.11. The summed E-state index contributed by atoms with van der Waals surface area (Å²) in [4.78, 5) is 15.7. The third kappa shape index (κ3) is 3.08. The van der Waals surface area contributed by atoms with Crippen molar-refractivity contribution in [2.75, 3.05) is 18.2 Å². The van der Waals surface area contributed by atoms with Gasteiger partial charge >= 0.3 is 5.97 Å². The number of benzene rings is 1. The van der Waals surface area contributed by atoms with Crippen molar-refractivity contribution in [1.82, 2.24) is 4.98 Å². The molecule has 6 heteroatoms. The van der Waals surface area contributed by atoms with Crippen LogP contribution in [0.1, 0.15) is 15.9 Å². The molecule has 0 aliphatic heterocycles. The molecule has 0 bridgehead atoms. The highest BCUT2D eigenvalue weighted by Gasteiger charge is 2.14. The second-order valence-corrected chi connectivity index (χ2v) is 5.17. The largest absolute Gasteiger partial charge is 0.465 e. The SMILES string of the molecule is COC(=O)c1ccnc(Nc2cc(C)cc(Br)c2)c1N. The predicted molar refractivity (Wildman–Crippen MR) is 82.2 cm³/mol. The van der Waals surface area contributed by atoms with Crippen LogP contribution < -0.4 is 11.1 Å². The maximum Gasteiger partial charge on any atom is 0.340 e. The first-order valence-corrected chi connectivity index (χ1v) is 6.67. The Morgan fingerprint density at radius 1 is 1.40 bits per heavy atom. The molecular formula is C14H14BrN3O2. The number of anilines is 3. The van der Waals surface area contributed by atoms with E-state index in [9.17, 15) is 4.79 Å². The summed E-state index contributed by atoms with van der Waals surface area (Å²) in [6.07, 6.45) is 1.51. The number of nitrogens with two attached hydrogens (primary N) is 1. The van der Waals surface area contributed by atoms with E-state index in [1.165, 1.54) is 19.4 Å². The molecule has 2 aromatic rings. The Labute approximate surface area is 125 Å². The summed E-state index contributed by atoms with van der Waals surface area (Å²) < 4.78 is 5.63. The molecule has 0 aliphatic rings. The van der Waals surface area contributed by atoms with Crippen LogP contribution in [0.5, 0.6) is 0 Å². The fraction of sp³-hybridized carbons (Fsp3) is 0.143. The first kappa shape index (κ1) is 14.3. The van der Waals surface area contributed by atoms with Gasteiger partial charge in [-0.1, -0.05) is 15.9 Å². The molecule has 0 aliphatic carbocycles. The van der Waals surface area contributed by atoms with Gasteiger partial charge in [0.15, 0.2) is 5.82 Å². The second kappa shape index (κ2) is 5.92. The van der Waals surface area contributed by atoms with Crippen molar-refractivity contribution >= 4 is 39.1 Å². The number of hydrogen-bond acceptors (Lipinski definition) is 5. The van der Waals surface area contributed by atoms with E-state index in [0.717, 1.165) is 15.7 Å². The molecule has 1 heterocycles. The summed E-state index contributed by atoms with van der Waals surface area (Å²) in [7, 11) is 1.31. The number of halogens is 1. The number of nitrogens with zero attached hydrogens (tertiary/aromatic N) is 1. The number of rotatable bonds is 3. The summed E-state index contributed by atoms with van der Waals surface area (Å²) in [5.74, 6) is -0.0660.